The van der Waals surface area contributed by atoms with Crippen LogP contribution in [0.15, 0.2) is 77.3 Å². The first-order valence-electron chi connectivity index (χ1n) is 9.15. The summed E-state index contributed by atoms with van der Waals surface area (Å²) in [5, 5.41) is 8.97. The molecule has 1 atom stereocenters. The molecule has 29 heavy (non-hydrogen) atoms. The van der Waals surface area contributed by atoms with Gasteiger partial charge in [0.2, 0.25) is 0 Å². The van der Waals surface area contributed by atoms with Gasteiger partial charge in [0, 0.05) is 16.5 Å². The molecule has 6 heteroatoms. The van der Waals surface area contributed by atoms with E-state index in [0.29, 0.717) is 28.6 Å². The summed E-state index contributed by atoms with van der Waals surface area (Å²) in [6.45, 7) is 0. The van der Waals surface area contributed by atoms with E-state index >= 15 is 0 Å². The summed E-state index contributed by atoms with van der Waals surface area (Å²) in [5.41, 5.74) is 2.68. The summed E-state index contributed by atoms with van der Waals surface area (Å²) in [6, 6.07) is 22.6. The molecule has 1 N–H and O–H groups in total. The van der Waals surface area contributed by atoms with E-state index in [0.717, 1.165) is 16.5 Å². The van der Waals surface area contributed by atoms with Crippen LogP contribution in [0.1, 0.15) is 16.7 Å². The van der Waals surface area contributed by atoms with Crippen molar-refractivity contribution in [2.45, 2.75) is 18.6 Å². The number of benzene rings is 3. The highest BCUT2D eigenvalue weighted by molar-refractivity contribution is 9.10. The minimum absolute atomic E-state index is 0.0616. The van der Waals surface area contributed by atoms with Crippen molar-refractivity contribution in [3.8, 4) is 11.5 Å². The molecule has 3 aromatic carbocycles. The van der Waals surface area contributed by atoms with Crippen LogP contribution in [0.4, 0.5) is 0 Å². The summed E-state index contributed by atoms with van der Waals surface area (Å²) < 4.78 is 19.5. The molecule has 3 aromatic rings. The molecular weight excluding hydrogens is 452 g/mol. The van der Waals surface area contributed by atoms with Crippen molar-refractivity contribution < 1.29 is 19.2 Å². The third kappa shape index (κ3) is 6.92. The van der Waals surface area contributed by atoms with Gasteiger partial charge in [-0.05, 0) is 52.6 Å². The number of carbonyl (C=O) groups is 1. The molecule has 0 aromatic heterocycles. The maximum atomic E-state index is 12.7. The van der Waals surface area contributed by atoms with E-state index in [4.69, 9.17) is 9.84 Å². The molecule has 1 unspecified atom stereocenters. The molecule has 0 fully saturated rings. The highest BCUT2D eigenvalue weighted by Gasteiger charge is 2.14. The molecule has 0 saturated carbocycles. The van der Waals surface area contributed by atoms with Crippen molar-refractivity contribution in [1.82, 2.24) is 0 Å². The topological polar surface area (TPSA) is 69.6 Å². The quantitative estimate of drug-likeness (QED) is 0.425. The zero-order valence-electron chi connectivity index (χ0n) is 15.7. The van der Waals surface area contributed by atoms with Crippen LogP contribution in [-0.4, -0.2) is 21.4 Å². The molecule has 0 radical (unpaired) electrons. The molecule has 0 heterocycles. The van der Waals surface area contributed by atoms with E-state index in [1.165, 1.54) is 5.56 Å². The molecule has 0 aliphatic carbocycles. The minimum atomic E-state index is -1.04. The number of rotatable bonds is 9. The highest BCUT2D eigenvalue weighted by atomic mass is 79.9. The van der Waals surface area contributed by atoms with E-state index < -0.39 is 17.1 Å². The molecule has 0 amide bonds. The monoisotopic (exact) mass is 472 g/mol. The number of ether oxygens (including phenoxy) is 1. The summed E-state index contributed by atoms with van der Waals surface area (Å²) in [4.78, 5) is 10.9. The second-order valence-electron chi connectivity index (χ2n) is 6.60. The smallest absolute Gasteiger partial charge is 0.307 e. The molecule has 0 spiro atoms. The Kier molecular flexibility index (Phi) is 7.75. The predicted octanol–water partition coefficient (Wildman–Crippen LogP) is 5.36. The molecule has 150 valence electrons. The van der Waals surface area contributed by atoms with Crippen LogP contribution in [0.5, 0.6) is 11.5 Å². The van der Waals surface area contributed by atoms with E-state index in [1.807, 2.05) is 48.5 Å². The van der Waals surface area contributed by atoms with E-state index in [2.05, 4.69) is 15.9 Å². The minimum Gasteiger partial charge on any atom is -0.616 e. The van der Waals surface area contributed by atoms with Crippen molar-refractivity contribution in [2.75, 3.05) is 5.75 Å². The van der Waals surface area contributed by atoms with Crippen molar-refractivity contribution in [2.24, 2.45) is 0 Å². The third-order valence-electron chi connectivity index (χ3n) is 4.28. The average molecular weight is 473 g/mol. The van der Waals surface area contributed by atoms with Gasteiger partial charge in [-0.15, -0.1) is 0 Å². The van der Waals surface area contributed by atoms with E-state index in [9.17, 15) is 9.35 Å². The number of carboxylic acid groups (broad SMARTS) is 1. The third-order valence-corrected chi connectivity index (χ3v) is 6.07. The normalized spacial score (nSPS) is 11.8. The maximum Gasteiger partial charge on any atom is 0.307 e. The molecule has 0 bridgehead atoms. The van der Waals surface area contributed by atoms with Gasteiger partial charge in [-0.25, -0.2) is 0 Å². The van der Waals surface area contributed by atoms with Gasteiger partial charge in [0.05, 0.1) is 6.42 Å². The molecular formula is C23H21BrO4S. The number of aliphatic carboxylic acids is 1. The van der Waals surface area contributed by atoms with Gasteiger partial charge >= 0.3 is 5.97 Å². The maximum absolute atomic E-state index is 12.7. The first-order chi connectivity index (χ1) is 14.0. The Morgan fingerprint density at radius 1 is 1.00 bits per heavy atom. The molecule has 4 nitrogen and oxygen atoms in total. The first kappa shape index (κ1) is 21.4. The van der Waals surface area contributed by atoms with Gasteiger partial charge in [-0.2, -0.15) is 0 Å². The lowest BCUT2D eigenvalue weighted by Gasteiger charge is -2.15. The van der Waals surface area contributed by atoms with E-state index in [1.54, 1.807) is 24.3 Å². The standard InChI is InChI=1S/C23H21BrO4S/c24-20-9-10-22(28-21-8-4-7-18(13-21)14-23(25)26)19(15-20)16-29(27)12-11-17-5-2-1-3-6-17/h1-10,13,15H,11-12,14,16H2,(H,25,26). The molecule has 0 aliphatic rings. The Labute approximate surface area is 181 Å². The number of halogens is 1. The molecule has 3 rings (SSSR count). The van der Waals surface area contributed by atoms with Crippen LogP contribution in [0, 0.1) is 0 Å². The highest BCUT2D eigenvalue weighted by Crippen LogP contribution is 2.30. The van der Waals surface area contributed by atoms with Crippen LogP contribution >= 0.6 is 15.9 Å². The van der Waals surface area contributed by atoms with Crippen LogP contribution in [0.3, 0.4) is 0 Å². The van der Waals surface area contributed by atoms with Crippen molar-refractivity contribution in [1.29, 1.82) is 0 Å². The summed E-state index contributed by atoms with van der Waals surface area (Å²) >= 11 is 2.43. The van der Waals surface area contributed by atoms with Gasteiger partial charge in [0.25, 0.3) is 0 Å². The van der Waals surface area contributed by atoms with Crippen LogP contribution in [0.25, 0.3) is 0 Å². The summed E-state index contributed by atoms with van der Waals surface area (Å²) in [5.74, 6) is 1.25. The lowest BCUT2D eigenvalue weighted by atomic mass is 10.1. The van der Waals surface area contributed by atoms with Crippen LogP contribution in [-0.2, 0) is 34.6 Å². The zero-order chi connectivity index (χ0) is 20.6. The second kappa shape index (κ2) is 10.5. The Balaban J connectivity index is 1.70. The van der Waals surface area contributed by atoms with Crippen molar-refractivity contribution >= 4 is 33.1 Å². The number of hydrogen-bond donors (Lipinski definition) is 1. The Morgan fingerprint density at radius 3 is 2.52 bits per heavy atom. The van der Waals surface area contributed by atoms with Gasteiger partial charge in [-0.3, -0.25) is 4.79 Å². The lowest BCUT2D eigenvalue weighted by Crippen LogP contribution is -2.12. The number of carboxylic acids is 1. The fourth-order valence-electron chi connectivity index (χ4n) is 2.90. The lowest BCUT2D eigenvalue weighted by molar-refractivity contribution is -0.136. The van der Waals surface area contributed by atoms with Gasteiger partial charge in [-0.1, -0.05) is 58.4 Å². The Bertz CT molecular complexity index is 962. The summed E-state index contributed by atoms with van der Waals surface area (Å²) in [7, 11) is 0. The van der Waals surface area contributed by atoms with E-state index in [-0.39, 0.29) is 6.42 Å². The van der Waals surface area contributed by atoms with Gasteiger partial charge in [0.15, 0.2) is 0 Å². The molecule has 0 saturated heterocycles. The fourth-order valence-corrected chi connectivity index (χ4v) is 4.49. The fraction of sp³-hybridized carbons (Fsp3) is 0.174. The van der Waals surface area contributed by atoms with Crippen LogP contribution in [0.2, 0.25) is 0 Å². The number of hydrogen-bond acceptors (Lipinski definition) is 3. The Morgan fingerprint density at radius 2 is 1.76 bits per heavy atom. The average Bonchev–Trinajstić information content (AvgIpc) is 2.69. The van der Waals surface area contributed by atoms with Gasteiger partial charge < -0.3 is 14.4 Å². The van der Waals surface area contributed by atoms with Gasteiger partial charge in [0.1, 0.15) is 23.0 Å². The predicted molar refractivity (Wildman–Crippen MR) is 119 cm³/mol. The molecule has 0 aliphatic heterocycles. The SMILES string of the molecule is O=C(O)Cc1cccc(Oc2ccc(Br)cc2C[S+]([O-])CCc2ccccc2)c1. The first-order valence-corrected chi connectivity index (χ1v) is 11.4. The largest absolute Gasteiger partial charge is 0.616 e. The van der Waals surface area contributed by atoms with Crippen molar-refractivity contribution in [3.63, 3.8) is 0 Å². The number of aryl methyl sites for hydroxylation is 1. The van der Waals surface area contributed by atoms with Crippen LogP contribution < -0.4 is 4.74 Å². The van der Waals surface area contributed by atoms with Crippen molar-refractivity contribution in [3.05, 3.63) is 94.0 Å². The Hall–Kier alpha value is -2.28. The zero-order valence-corrected chi connectivity index (χ0v) is 18.1. The second-order valence-corrected chi connectivity index (χ2v) is 9.09. The summed E-state index contributed by atoms with van der Waals surface area (Å²) in [6.07, 6.45) is 0.697.